The summed E-state index contributed by atoms with van der Waals surface area (Å²) in [5.41, 5.74) is 0.390. The number of hydrogen-bond acceptors (Lipinski definition) is 4. The number of benzene rings is 1. The first kappa shape index (κ1) is 25.6. The van der Waals surface area contributed by atoms with Crippen molar-refractivity contribution in [1.82, 2.24) is 4.90 Å². The highest BCUT2D eigenvalue weighted by Gasteiger charge is 2.37. The lowest BCUT2D eigenvalue weighted by Gasteiger charge is -2.27. The van der Waals surface area contributed by atoms with Crippen LogP contribution in [-0.4, -0.2) is 47.7 Å². The van der Waals surface area contributed by atoms with Gasteiger partial charge >= 0.3 is 18.0 Å². The van der Waals surface area contributed by atoms with Gasteiger partial charge in [0, 0.05) is 19.4 Å². The van der Waals surface area contributed by atoms with Crippen LogP contribution < -0.4 is 0 Å². The first-order valence-corrected chi connectivity index (χ1v) is 11.2. The smallest absolute Gasteiger partial charge is 0.411 e. The second kappa shape index (κ2) is 11.8. The molecular weight excluding hydrogens is 416 g/mol. The van der Waals surface area contributed by atoms with Gasteiger partial charge in [0.05, 0.1) is 6.61 Å². The van der Waals surface area contributed by atoms with Gasteiger partial charge in [0.2, 0.25) is 0 Å². The molecule has 7 heteroatoms. The molecule has 0 radical (unpaired) electrons. The van der Waals surface area contributed by atoms with Gasteiger partial charge in [-0.15, -0.1) is 0 Å². The SMILES string of the molecule is CC(C)(C)OC(=O)N1CCC[C@@H]1C(=O)OCCCC#CC(F)(F)CCCc1ccccc1. The molecule has 176 valence electrons. The number of amides is 1. The Labute approximate surface area is 189 Å². The van der Waals surface area contributed by atoms with Gasteiger partial charge in [-0.05, 0) is 64.4 Å². The molecule has 2 rings (SSSR count). The predicted molar refractivity (Wildman–Crippen MR) is 118 cm³/mol. The third-order valence-electron chi connectivity index (χ3n) is 4.91. The minimum atomic E-state index is -3.02. The molecule has 1 aromatic rings. The average molecular weight is 450 g/mol. The Morgan fingerprint density at radius 3 is 2.56 bits per heavy atom. The van der Waals surface area contributed by atoms with Crippen LogP contribution in [0.1, 0.15) is 64.9 Å². The Morgan fingerprint density at radius 2 is 1.88 bits per heavy atom. The van der Waals surface area contributed by atoms with Crippen LogP contribution >= 0.6 is 0 Å². The van der Waals surface area contributed by atoms with Gasteiger partial charge in [0.15, 0.2) is 0 Å². The van der Waals surface area contributed by atoms with Crippen LogP contribution in [0.4, 0.5) is 13.6 Å². The monoisotopic (exact) mass is 449 g/mol. The number of ether oxygens (including phenoxy) is 2. The number of alkyl halides is 2. The van der Waals surface area contributed by atoms with E-state index < -0.39 is 29.6 Å². The Balaban J connectivity index is 1.67. The van der Waals surface area contributed by atoms with E-state index in [9.17, 15) is 18.4 Å². The first-order valence-electron chi connectivity index (χ1n) is 11.2. The van der Waals surface area contributed by atoms with Gasteiger partial charge in [-0.25, -0.2) is 9.59 Å². The lowest BCUT2D eigenvalue weighted by Crippen LogP contribution is -2.44. The molecule has 0 bridgehead atoms. The second-order valence-corrected chi connectivity index (χ2v) is 8.95. The molecule has 0 N–H and O–H groups in total. The van der Waals surface area contributed by atoms with Crippen LogP contribution in [0.3, 0.4) is 0 Å². The van der Waals surface area contributed by atoms with E-state index in [1.165, 1.54) is 4.90 Å². The summed E-state index contributed by atoms with van der Waals surface area (Å²) in [5.74, 6) is 1.02. The zero-order valence-electron chi connectivity index (χ0n) is 19.2. The van der Waals surface area contributed by atoms with Crippen molar-refractivity contribution >= 4 is 12.1 Å². The van der Waals surface area contributed by atoms with Crippen LogP contribution in [0.5, 0.6) is 0 Å². The van der Waals surface area contributed by atoms with E-state index in [2.05, 4.69) is 5.92 Å². The van der Waals surface area contributed by atoms with Crippen molar-refractivity contribution < 1.29 is 27.8 Å². The third kappa shape index (κ3) is 9.25. The molecule has 1 aliphatic rings. The summed E-state index contributed by atoms with van der Waals surface area (Å²) in [6.45, 7) is 5.82. The van der Waals surface area contributed by atoms with Gasteiger partial charge in [0.1, 0.15) is 11.6 Å². The largest absolute Gasteiger partial charge is 0.464 e. The molecular formula is C25H33F2NO4. The molecule has 1 saturated heterocycles. The highest BCUT2D eigenvalue weighted by molar-refractivity contribution is 5.82. The summed E-state index contributed by atoms with van der Waals surface area (Å²) in [7, 11) is 0. The zero-order valence-corrected chi connectivity index (χ0v) is 19.2. The molecule has 32 heavy (non-hydrogen) atoms. The molecule has 0 saturated carbocycles. The maximum atomic E-state index is 13.9. The van der Waals surface area contributed by atoms with Crippen molar-refractivity contribution in [3.05, 3.63) is 35.9 Å². The van der Waals surface area contributed by atoms with Crippen molar-refractivity contribution in [3.63, 3.8) is 0 Å². The lowest BCUT2D eigenvalue weighted by atomic mass is 10.1. The number of rotatable bonds is 8. The number of nitrogens with zero attached hydrogens (tertiary/aromatic N) is 1. The number of esters is 1. The van der Waals surface area contributed by atoms with E-state index >= 15 is 0 Å². The fourth-order valence-electron chi connectivity index (χ4n) is 3.39. The van der Waals surface area contributed by atoms with Crippen molar-refractivity contribution in [3.8, 4) is 11.8 Å². The van der Waals surface area contributed by atoms with Crippen LogP contribution in [0.15, 0.2) is 30.3 Å². The van der Waals surface area contributed by atoms with Crippen LogP contribution in [0.25, 0.3) is 0 Å². The number of halogens is 2. The number of carbonyl (C=O) groups excluding carboxylic acids is 2. The number of aryl methyl sites for hydroxylation is 1. The van der Waals surface area contributed by atoms with E-state index in [0.717, 1.165) is 5.56 Å². The fourth-order valence-corrected chi connectivity index (χ4v) is 3.39. The average Bonchev–Trinajstić information content (AvgIpc) is 3.20. The predicted octanol–water partition coefficient (Wildman–Crippen LogP) is 5.37. The summed E-state index contributed by atoms with van der Waals surface area (Å²) in [4.78, 5) is 26.0. The van der Waals surface area contributed by atoms with Crippen molar-refractivity contribution in [2.24, 2.45) is 0 Å². The molecule has 0 aliphatic carbocycles. The van der Waals surface area contributed by atoms with E-state index in [1.54, 1.807) is 20.8 Å². The molecule has 0 aromatic heterocycles. The maximum absolute atomic E-state index is 13.9. The van der Waals surface area contributed by atoms with E-state index in [4.69, 9.17) is 9.47 Å². The van der Waals surface area contributed by atoms with Crippen LogP contribution in [0.2, 0.25) is 0 Å². The van der Waals surface area contributed by atoms with Crippen molar-refractivity contribution in [2.45, 2.75) is 83.3 Å². The zero-order chi connectivity index (χ0) is 23.6. The minimum absolute atomic E-state index is 0.0751. The van der Waals surface area contributed by atoms with Crippen molar-refractivity contribution in [1.29, 1.82) is 0 Å². The summed E-state index contributed by atoms with van der Waals surface area (Å²) < 4.78 is 38.4. The number of hydrogen-bond donors (Lipinski definition) is 0. The normalized spacial score (nSPS) is 16.3. The molecule has 5 nitrogen and oxygen atoms in total. The topological polar surface area (TPSA) is 55.8 Å². The standard InChI is InChI=1S/C25H33F2NO4/c1-24(2,3)32-23(30)28-18-11-15-21(28)22(29)31-19-9-5-8-16-25(26,27)17-10-14-20-12-6-4-7-13-20/h4,6-7,12-13,21H,5,9-11,14-15,17-19H2,1-3H3/t21-/m1/s1. The number of unbranched alkanes of at least 4 members (excludes halogenated alkanes) is 1. The summed E-state index contributed by atoms with van der Waals surface area (Å²) >= 11 is 0. The molecule has 1 atom stereocenters. The Morgan fingerprint density at radius 1 is 1.16 bits per heavy atom. The lowest BCUT2D eigenvalue weighted by molar-refractivity contribution is -0.148. The summed E-state index contributed by atoms with van der Waals surface area (Å²) in [6.07, 6.45) is 1.93. The molecule has 1 amide bonds. The van der Waals surface area contributed by atoms with E-state index in [1.807, 2.05) is 36.3 Å². The molecule has 0 spiro atoms. The van der Waals surface area contributed by atoms with Gasteiger partial charge in [0.25, 0.3) is 0 Å². The second-order valence-electron chi connectivity index (χ2n) is 8.95. The molecule has 0 unspecified atom stereocenters. The molecule has 1 aromatic carbocycles. The Kier molecular flexibility index (Phi) is 9.49. The van der Waals surface area contributed by atoms with Gasteiger partial charge in [-0.2, -0.15) is 8.78 Å². The Bertz CT molecular complexity index is 809. The maximum Gasteiger partial charge on any atom is 0.411 e. The molecule has 1 aliphatic heterocycles. The number of likely N-dealkylation sites (tertiary alicyclic amines) is 1. The van der Waals surface area contributed by atoms with Gasteiger partial charge in [-0.3, -0.25) is 4.90 Å². The quantitative estimate of drug-likeness (QED) is 0.304. The number of carbonyl (C=O) groups is 2. The third-order valence-corrected chi connectivity index (χ3v) is 4.91. The summed E-state index contributed by atoms with van der Waals surface area (Å²) in [6, 6.07) is 8.85. The van der Waals surface area contributed by atoms with E-state index in [-0.39, 0.29) is 19.4 Å². The Hall–Kier alpha value is -2.62. The first-order chi connectivity index (χ1) is 15.1. The molecule has 1 fully saturated rings. The van der Waals surface area contributed by atoms with Gasteiger partial charge in [-0.1, -0.05) is 36.3 Å². The highest BCUT2D eigenvalue weighted by Crippen LogP contribution is 2.22. The van der Waals surface area contributed by atoms with E-state index in [0.29, 0.717) is 38.6 Å². The fraction of sp³-hybridized carbons (Fsp3) is 0.600. The van der Waals surface area contributed by atoms with Crippen molar-refractivity contribution in [2.75, 3.05) is 13.2 Å². The van der Waals surface area contributed by atoms with Crippen LogP contribution in [0, 0.1) is 11.8 Å². The summed E-state index contributed by atoms with van der Waals surface area (Å²) in [5, 5.41) is 0. The highest BCUT2D eigenvalue weighted by atomic mass is 19.3. The van der Waals surface area contributed by atoms with Gasteiger partial charge < -0.3 is 9.47 Å². The van der Waals surface area contributed by atoms with Crippen LogP contribution in [-0.2, 0) is 20.7 Å². The molecule has 1 heterocycles. The minimum Gasteiger partial charge on any atom is -0.464 e.